The Kier molecular flexibility index (Phi) is 2.57. The van der Waals surface area contributed by atoms with E-state index in [4.69, 9.17) is 12.6 Å². The number of benzene rings is 1. The number of hydrogen-bond acceptors (Lipinski definition) is 0. The molecule has 1 aromatic carbocycles. The minimum atomic E-state index is 0.692. The molecule has 1 rings (SSSR count). The minimum Gasteiger partial charge on any atom is -0.0985 e. The van der Waals surface area contributed by atoms with E-state index in [1.807, 2.05) is 30.3 Å². The molecule has 1 heteroatoms. The van der Waals surface area contributed by atoms with Gasteiger partial charge in [-0.1, -0.05) is 49.5 Å². The summed E-state index contributed by atoms with van der Waals surface area (Å²) >= 11 is 4.87. The molecule has 0 saturated carbocycles. The van der Waals surface area contributed by atoms with Crippen LogP contribution in [0.4, 0.5) is 0 Å². The van der Waals surface area contributed by atoms with Gasteiger partial charge in [0.2, 0.25) is 0 Å². The molecule has 0 aliphatic rings. The molecule has 1 radical (unpaired) electrons. The number of rotatable bonds is 2. The summed E-state index contributed by atoms with van der Waals surface area (Å²) in [6.45, 7) is 3.66. The lowest BCUT2D eigenvalue weighted by molar-refractivity contribution is 1.42. The van der Waals surface area contributed by atoms with Crippen molar-refractivity contribution in [3.05, 3.63) is 42.0 Å². The van der Waals surface area contributed by atoms with E-state index in [9.17, 15) is 0 Å². The van der Waals surface area contributed by atoms with Crippen molar-refractivity contribution in [2.24, 2.45) is 0 Å². The standard InChI is InChI=1S/C9H9S/c1-2-8-3-5-9(7-10)6-4-8/h2-6H,1,7H2. The zero-order valence-electron chi connectivity index (χ0n) is 5.71. The third-order valence-corrected chi connectivity index (χ3v) is 1.72. The molecule has 0 unspecified atom stereocenters. The highest BCUT2D eigenvalue weighted by Gasteiger charge is 1.87. The summed E-state index contributed by atoms with van der Waals surface area (Å²) in [6, 6.07) is 8.11. The summed E-state index contributed by atoms with van der Waals surface area (Å²) in [7, 11) is 0. The Hall–Kier alpha value is -0.690. The van der Waals surface area contributed by atoms with Gasteiger partial charge in [0.15, 0.2) is 0 Å². The fourth-order valence-corrected chi connectivity index (χ4v) is 0.942. The lowest BCUT2D eigenvalue weighted by Crippen LogP contribution is -1.76. The summed E-state index contributed by atoms with van der Waals surface area (Å²) in [4.78, 5) is 0. The van der Waals surface area contributed by atoms with E-state index in [0.717, 1.165) is 5.56 Å². The third kappa shape index (κ3) is 1.64. The van der Waals surface area contributed by atoms with Crippen LogP contribution in [0.5, 0.6) is 0 Å². The molecular formula is C9H9S. The van der Waals surface area contributed by atoms with E-state index in [2.05, 4.69) is 6.58 Å². The van der Waals surface area contributed by atoms with Gasteiger partial charge in [-0.25, -0.2) is 0 Å². The molecule has 0 aliphatic carbocycles. The molecular weight excluding hydrogens is 140 g/mol. The average molecular weight is 149 g/mol. The van der Waals surface area contributed by atoms with Crippen LogP contribution in [0.15, 0.2) is 30.8 Å². The van der Waals surface area contributed by atoms with E-state index < -0.39 is 0 Å². The van der Waals surface area contributed by atoms with E-state index >= 15 is 0 Å². The van der Waals surface area contributed by atoms with Crippen LogP contribution in [0.2, 0.25) is 0 Å². The van der Waals surface area contributed by atoms with Crippen molar-refractivity contribution in [2.75, 3.05) is 0 Å². The molecule has 0 heterocycles. The van der Waals surface area contributed by atoms with Gasteiger partial charge < -0.3 is 0 Å². The second-order valence-corrected chi connectivity index (χ2v) is 2.38. The summed E-state index contributed by atoms with van der Waals surface area (Å²) in [6.07, 6.45) is 1.83. The van der Waals surface area contributed by atoms with Crippen LogP contribution in [-0.4, -0.2) is 0 Å². The first kappa shape index (κ1) is 7.42. The summed E-state index contributed by atoms with van der Waals surface area (Å²) in [5, 5.41) is 0. The van der Waals surface area contributed by atoms with Gasteiger partial charge in [0.05, 0.1) is 0 Å². The van der Waals surface area contributed by atoms with Crippen LogP contribution in [-0.2, 0) is 5.75 Å². The summed E-state index contributed by atoms with van der Waals surface area (Å²) < 4.78 is 0. The van der Waals surface area contributed by atoms with Crippen LogP contribution >= 0.6 is 12.6 Å². The molecule has 0 nitrogen and oxygen atoms in total. The van der Waals surface area contributed by atoms with Gasteiger partial charge in [-0.15, -0.1) is 0 Å². The van der Waals surface area contributed by atoms with Gasteiger partial charge in [0, 0.05) is 5.75 Å². The van der Waals surface area contributed by atoms with Gasteiger partial charge in [-0.3, -0.25) is 0 Å². The topological polar surface area (TPSA) is 0 Å². The first-order valence-corrected chi connectivity index (χ1v) is 3.74. The highest BCUT2D eigenvalue weighted by atomic mass is 32.1. The van der Waals surface area contributed by atoms with E-state index in [-0.39, 0.29) is 0 Å². The lowest BCUT2D eigenvalue weighted by Gasteiger charge is -1.94. The SMILES string of the molecule is C=Cc1ccc(C[S])cc1. The maximum absolute atomic E-state index is 4.87. The summed E-state index contributed by atoms with van der Waals surface area (Å²) in [5.41, 5.74) is 2.34. The Labute approximate surface area is 67.0 Å². The van der Waals surface area contributed by atoms with Crippen LogP contribution in [0.25, 0.3) is 6.08 Å². The van der Waals surface area contributed by atoms with Gasteiger partial charge in [-0.05, 0) is 11.1 Å². The molecule has 0 atom stereocenters. The monoisotopic (exact) mass is 149 g/mol. The van der Waals surface area contributed by atoms with Crippen molar-refractivity contribution in [1.82, 2.24) is 0 Å². The van der Waals surface area contributed by atoms with Crippen molar-refractivity contribution in [2.45, 2.75) is 5.75 Å². The van der Waals surface area contributed by atoms with Gasteiger partial charge in [0.1, 0.15) is 0 Å². The van der Waals surface area contributed by atoms with Crippen molar-refractivity contribution in [1.29, 1.82) is 0 Å². The zero-order chi connectivity index (χ0) is 7.40. The van der Waals surface area contributed by atoms with Gasteiger partial charge in [0.25, 0.3) is 0 Å². The fourth-order valence-electron chi connectivity index (χ4n) is 0.750. The third-order valence-electron chi connectivity index (χ3n) is 1.38. The molecule has 0 aromatic heterocycles. The molecule has 0 bridgehead atoms. The Morgan fingerprint density at radius 3 is 2.30 bits per heavy atom. The molecule has 0 N–H and O–H groups in total. The maximum atomic E-state index is 4.87. The zero-order valence-corrected chi connectivity index (χ0v) is 6.53. The van der Waals surface area contributed by atoms with Crippen molar-refractivity contribution >= 4 is 18.7 Å². The summed E-state index contributed by atoms with van der Waals surface area (Å²) in [5.74, 6) is 0.692. The fraction of sp³-hybridized carbons (Fsp3) is 0.111. The Morgan fingerprint density at radius 1 is 1.30 bits per heavy atom. The first-order valence-electron chi connectivity index (χ1n) is 3.16. The van der Waals surface area contributed by atoms with Crippen molar-refractivity contribution in [3.63, 3.8) is 0 Å². The van der Waals surface area contributed by atoms with Crippen LogP contribution in [0.1, 0.15) is 11.1 Å². The minimum absolute atomic E-state index is 0.692. The smallest absolute Gasteiger partial charge is 0.0288 e. The van der Waals surface area contributed by atoms with Gasteiger partial charge in [-0.2, -0.15) is 0 Å². The van der Waals surface area contributed by atoms with E-state index in [1.165, 1.54) is 5.56 Å². The Bertz CT molecular complexity index is 211. The number of hydrogen-bond donors (Lipinski definition) is 0. The molecule has 0 spiro atoms. The molecule has 0 fully saturated rings. The lowest BCUT2D eigenvalue weighted by atomic mass is 10.1. The largest absolute Gasteiger partial charge is 0.0985 e. The molecule has 1 aromatic rings. The predicted octanol–water partition coefficient (Wildman–Crippen LogP) is 3.03. The maximum Gasteiger partial charge on any atom is 0.0288 e. The highest BCUT2D eigenvalue weighted by molar-refractivity contribution is 7.79. The average Bonchev–Trinajstić information content (AvgIpc) is 2.05. The molecule has 0 amide bonds. The van der Waals surface area contributed by atoms with Crippen molar-refractivity contribution < 1.29 is 0 Å². The molecule has 0 saturated heterocycles. The van der Waals surface area contributed by atoms with Crippen molar-refractivity contribution in [3.8, 4) is 0 Å². The second kappa shape index (κ2) is 3.47. The van der Waals surface area contributed by atoms with Crippen LogP contribution in [0, 0.1) is 0 Å². The predicted molar refractivity (Wildman–Crippen MR) is 47.8 cm³/mol. The molecule has 51 valence electrons. The Morgan fingerprint density at radius 2 is 1.90 bits per heavy atom. The quantitative estimate of drug-likeness (QED) is 0.606. The second-order valence-electron chi connectivity index (χ2n) is 2.09. The highest BCUT2D eigenvalue weighted by Crippen LogP contribution is 2.06. The van der Waals surface area contributed by atoms with Crippen LogP contribution in [0.3, 0.4) is 0 Å². The molecule has 10 heavy (non-hydrogen) atoms. The van der Waals surface area contributed by atoms with Crippen LogP contribution < -0.4 is 0 Å². The van der Waals surface area contributed by atoms with Gasteiger partial charge >= 0.3 is 0 Å². The first-order chi connectivity index (χ1) is 4.86. The van der Waals surface area contributed by atoms with E-state index in [0.29, 0.717) is 5.75 Å². The molecule has 0 aliphatic heterocycles. The Balaban J connectivity index is 2.90. The van der Waals surface area contributed by atoms with E-state index in [1.54, 1.807) is 0 Å². The normalized spacial score (nSPS) is 9.30.